The predicted octanol–water partition coefficient (Wildman–Crippen LogP) is 1.68. The van der Waals surface area contributed by atoms with Crippen LogP contribution in [0.4, 0.5) is 5.13 Å². The Kier molecular flexibility index (Phi) is 8.92. The second-order valence-corrected chi connectivity index (χ2v) is 6.21. The number of nitrogens with two attached hydrogens (primary N) is 1. The molecule has 9 heteroatoms. The third-order valence-electron chi connectivity index (χ3n) is 3.22. The summed E-state index contributed by atoms with van der Waals surface area (Å²) in [5.41, 5.74) is 6.48. The molecule has 0 unspecified atom stereocenters. The van der Waals surface area contributed by atoms with Crippen LogP contribution in [0.2, 0.25) is 0 Å². The number of amides is 2. The van der Waals surface area contributed by atoms with Crippen LogP contribution >= 0.6 is 36.2 Å². The van der Waals surface area contributed by atoms with E-state index in [0.29, 0.717) is 17.4 Å². The van der Waals surface area contributed by atoms with Crippen LogP contribution in [0.5, 0.6) is 0 Å². The minimum Gasteiger partial charge on any atom is -0.341 e. The van der Waals surface area contributed by atoms with E-state index in [1.54, 1.807) is 4.90 Å². The van der Waals surface area contributed by atoms with Crippen LogP contribution < -0.4 is 11.1 Å². The third kappa shape index (κ3) is 5.72. The van der Waals surface area contributed by atoms with Crippen LogP contribution in [-0.4, -0.2) is 40.8 Å². The number of carbonyl (C=O) groups is 2. The number of aromatic nitrogens is 1. The number of nitrogens with one attached hydrogen (secondary N) is 1. The van der Waals surface area contributed by atoms with Gasteiger partial charge in [0.2, 0.25) is 11.8 Å². The molecule has 1 saturated heterocycles. The Bertz CT molecular complexity index is 510. The molecule has 1 aliphatic rings. The molecule has 1 fully saturated rings. The molecular weight excluding hydrogens is 347 g/mol. The van der Waals surface area contributed by atoms with Gasteiger partial charge in [-0.05, 0) is 6.42 Å². The van der Waals surface area contributed by atoms with Gasteiger partial charge in [0.05, 0.1) is 12.1 Å². The van der Waals surface area contributed by atoms with Crippen LogP contribution in [0.15, 0.2) is 5.38 Å². The Morgan fingerprint density at radius 3 is 2.73 bits per heavy atom. The van der Waals surface area contributed by atoms with Crippen molar-refractivity contribution >= 4 is 53.1 Å². The predicted molar refractivity (Wildman–Crippen MR) is 93.0 cm³/mol. The zero-order chi connectivity index (χ0) is 14.7. The molecule has 1 aromatic heterocycles. The van der Waals surface area contributed by atoms with E-state index >= 15 is 0 Å². The lowest BCUT2D eigenvalue weighted by atomic mass is 10.2. The summed E-state index contributed by atoms with van der Waals surface area (Å²) in [6.07, 6.45) is 1.12. The number of rotatable bonds is 4. The van der Waals surface area contributed by atoms with Gasteiger partial charge in [0, 0.05) is 30.4 Å². The number of halogens is 2. The molecule has 1 aromatic rings. The van der Waals surface area contributed by atoms with Gasteiger partial charge in [-0.3, -0.25) is 9.59 Å². The van der Waals surface area contributed by atoms with Gasteiger partial charge in [0.15, 0.2) is 5.13 Å². The summed E-state index contributed by atoms with van der Waals surface area (Å²) in [6, 6.07) is 0.0928. The van der Waals surface area contributed by atoms with Crippen LogP contribution in [0.1, 0.15) is 26.0 Å². The molecule has 22 heavy (non-hydrogen) atoms. The van der Waals surface area contributed by atoms with Gasteiger partial charge in [0.25, 0.3) is 0 Å². The minimum absolute atomic E-state index is 0. The zero-order valence-corrected chi connectivity index (χ0v) is 15.0. The Labute approximate surface area is 146 Å². The lowest BCUT2D eigenvalue weighted by molar-refractivity contribution is -0.129. The average molecular weight is 369 g/mol. The second-order valence-electron chi connectivity index (χ2n) is 5.35. The topological polar surface area (TPSA) is 88.3 Å². The number of hydrogen-bond acceptors (Lipinski definition) is 5. The fourth-order valence-corrected chi connectivity index (χ4v) is 2.69. The van der Waals surface area contributed by atoms with Crippen LogP contribution in [0.3, 0.4) is 0 Å². The molecule has 3 N–H and O–H groups in total. The first-order valence-corrected chi connectivity index (χ1v) is 7.62. The highest BCUT2D eigenvalue weighted by atomic mass is 35.5. The molecule has 0 bridgehead atoms. The monoisotopic (exact) mass is 368 g/mol. The summed E-state index contributed by atoms with van der Waals surface area (Å²) in [5, 5.41) is 5.09. The van der Waals surface area contributed by atoms with Crippen LogP contribution in [-0.2, 0) is 16.0 Å². The number of thiazole rings is 1. The molecule has 2 heterocycles. The Morgan fingerprint density at radius 1 is 1.50 bits per heavy atom. The van der Waals surface area contributed by atoms with Crippen molar-refractivity contribution in [1.29, 1.82) is 0 Å². The first kappa shape index (κ1) is 21.1. The van der Waals surface area contributed by atoms with E-state index in [9.17, 15) is 9.59 Å². The zero-order valence-electron chi connectivity index (χ0n) is 12.6. The highest BCUT2D eigenvalue weighted by molar-refractivity contribution is 7.13. The van der Waals surface area contributed by atoms with Crippen LogP contribution in [0, 0.1) is 5.92 Å². The summed E-state index contributed by atoms with van der Waals surface area (Å²) in [7, 11) is 0. The molecule has 0 aromatic carbocycles. The molecule has 1 atom stereocenters. The molecule has 126 valence electrons. The van der Waals surface area contributed by atoms with Gasteiger partial charge < -0.3 is 16.0 Å². The number of likely N-dealkylation sites (tertiary alicyclic amines) is 1. The molecule has 1 aliphatic heterocycles. The Hall–Kier alpha value is -0.890. The summed E-state index contributed by atoms with van der Waals surface area (Å²) in [5.74, 6) is -0.109. The molecule has 2 amide bonds. The van der Waals surface area contributed by atoms with Crippen molar-refractivity contribution in [3.05, 3.63) is 11.1 Å². The maximum Gasteiger partial charge on any atom is 0.228 e. The highest BCUT2D eigenvalue weighted by Gasteiger charge is 2.24. The maximum atomic E-state index is 12.0. The van der Waals surface area contributed by atoms with Crippen molar-refractivity contribution in [3.8, 4) is 0 Å². The summed E-state index contributed by atoms with van der Waals surface area (Å²) < 4.78 is 0. The lowest BCUT2D eigenvalue weighted by Crippen LogP contribution is -2.33. The van der Waals surface area contributed by atoms with E-state index < -0.39 is 0 Å². The number of carbonyl (C=O) groups excluding carboxylic acids is 2. The number of hydrogen-bond donors (Lipinski definition) is 2. The molecule has 0 spiro atoms. The smallest absolute Gasteiger partial charge is 0.228 e. The largest absolute Gasteiger partial charge is 0.341 e. The van der Waals surface area contributed by atoms with Gasteiger partial charge >= 0.3 is 0 Å². The van der Waals surface area contributed by atoms with Crippen molar-refractivity contribution < 1.29 is 9.59 Å². The normalized spacial score (nSPS) is 16.9. The SMILES string of the molecule is CC(C)C(=O)Nc1nc(CC(=O)N2CC[C@@H](N)C2)cs1.Cl.Cl. The van der Waals surface area contributed by atoms with E-state index in [-0.39, 0.29) is 55.0 Å². The first-order valence-electron chi connectivity index (χ1n) is 6.74. The summed E-state index contributed by atoms with van der Waals surface area (Å²) >= 11 is 1.34. The fourth-order valence-electron chi connectivity index (χ4n) is 1.98. The van der Waals surface area contributed by atoms with Crippen molar-refractivity contribution in [2.45, 2.75) is 32.7 Å². The van der Waals surface area contributed by atoms with E-state index in [1.165, 1.54) is 11.3 Å². The summed E-state index contributed by atoms with van der Waals surface area (Å²) in [6.45, 7) is 5.00. The second kappa shape index (κ2) is 9.29. The van der Waals surface area contributed by atoms with E-state index in [4.69, 9.17) is 5.73 Å². The van der Waals surface area contributed by atoms with Crippen molar-refractivity contribution in [1.82, 2.24) is 9.88 Å². The molecule has 0 aliphatic carbocycles. The van der Waals surface area contributed by atoms with Crippen molar-refractivity contribution in [3.63, 3.8) is 0 Å². The van der Waals surface area contributed by atoms with Crippen molar-refractivity contribution in [2.24, 2.45) is 11.7 Å². The van der Waals surface area contributed by atoms with E-state index in [1.807, 2.05) is 19.2 Å². The van der Waals surface area contributed by atoms with Gasteiger partial charge in [0.1, 0.15) is 0 Å². The highest BCUT2D eigenvalue weighted by Crippen LogP contribution is 2.18. The van der Waals surface area contributed by atoms with Gasteiger partial charge in [-0.1, -0.05) is 13.8 Å². The van der Waals surface area contributed by atoms with E-state index in [0.717, 1.165) is 13.0 Å². The third-order valence-corrected chi connectivity index (χ3v) is 4.02. The average Bonchev–Trinajstić information content (AvgIpc) is 2.98. The molecule has 2 rings (SSSR count). The standard InChI is InChI=1S/C13H20N4O2S.2ClH/c1-8(2)12(19)16-13-15-10(7-20-13)5-11(18)17-4-3-9(14)6-17;;/h7-9H,3-6,14H2,1-2H3,(H,15,16,19);2*1H/t9-;;/m1../s1. The Balaban J connectivity index is 0.00000220. The maximum absolute atomic E-state index is 12.0. The number of anilines is 1. The minimum atomic E-state index is -0.0879. The van der Waals surface area contributed by atoms with Gasteiger partial charge in [-0.15, -0.1) is 36.2 Å². The van der Waals surface area contributed by atoms with Crippen molar-refractivity contribution in [2.75, 3.05) is 18.4 Å². The molecule has 0 radical (unpaired) electrons. The quantitative estimate of drug-likeness (QED) is 0.845. The fraction of sp³-hybridized carbons (Fsp3) is 0.615. The van der Waals surface area contributed by atoms with E-state index in [2.05, 4.69) is 10.3 Å². The van der Waals surface area contributed by atoms with Crippen LogP contribution in [0.25, 0.3) is 0 Å². The Morgan fingerprint density at radius 2 is 2.18 bits per heavy atom. The molecular formula is C13H22Cl2N4O2S. The first-order chi connectivity index (χ1) is 9.45. The van der Waals surface area contributed by atoms with Gasteiger partial charge in [-0.25, -0.2) is 4.98 Å². The summed E-state index contributed by atoms with van der Waals surface area (Å²) in [4.78, 5) is 29.6. The lowest BCUT2D eigenvalue weighted by Gasteiger charge is -2.14. The molecule has 0 saturated carbocycles. The molecule has 6 nitrogen and oxygen atoms in total. The number of nitrogens with zero attached hydrogens (tertiary/aromatic N) is 2. The van der Waals surface area contributed by atoms with Gasteiger partial charge in [-0.2, -0.15) is 0 Å².